The summed E-state index contributed by atoms with van der Waals surface area (Å²) in [5.41, 5.74) is 0.812. The van der Waals surface area contributed by atoms with E-state index in [1.807, 2.05) is 6.08 Å². The Bertz CT molecular complexity index is 1070. The molecule has 0 amide bonds. The summed E-state index contributed by atoms with van der Waals surface area (Å²) in [6.45, 7) is 13.9. The second-order valence-corrected chi connectivity index (χ2v) is 17.2. The third kappa shape index (κ3) is 10.5. The van der Waals surface area contributed by atoms with Gasteiger partial charge in [0.15, 0.2) is 12.6 Å². The lowest BCUT2D eigenvalue weighted by molar-refractivity contribution is -0.151. The molecule has 1 aromatic rings. The highest BCUT2D eigenvalue weighted by Crippen LogP contribution is 2.34. The molecular formula is C30H46O9Si. The Hall–Kier alpha value is -2.39. The summed E-state index contributed by atoms with van der Waals surface area (Å²) in [7, 11) is 1.63. The Morgan fingerprint density at radius 3 is 2.45 bits per heavy atom. The molecule has 2 rings (SSSR count). The Kier molecular flexibility index (Phi) is 12.7. The number of rotatable bonds is 13. The Morgan fingerprint density at radius 1 is 1.15 bits per heavy atom. The molecule has 1 aromatic carbocycles. The van der Waals surface area contributed by atoms with E-state index < -0.39 is 44.2 Å². The monoisotopic (exact) mass is 578 g/mol. The van der Waals surface area contributed by atoms with Crippen molar-refractivity contribution in [3.8, 4) is 23.3 Å². The van der Waals surface area contributed by atoms with Gasteiger partial charge in [-0.05, 0) is 51.8 Å². The predicted octanol–water partition coefficient (Wildman–Crippen LogP) is 4.48. The van der Waals surface area contributed by atoms with Gasteiger partial charge in [-0.2, -0.15) is 0 Å². The SMILES string of the molecule is COCOc1cc(OC)cc(/C=C/CC2OC(C)(C)OC2C(O)C#C[C@H](C)C(C)O)c1C(=O)OCC[Si](C)(C)C. The molecule has 0 saturated carbocycles. The largest absolute Gasteiger partial charge is 0.497 e. The fourth-order valence-corrected chi connectivity index (χ4v) is 4.61. The van der Waals surface area contributed by atoms with Crippen LogP contribution in [0, 0.1) is 17.8 Å². The lowest BCUT2D eigenvalue weighted by Crippen LogP contribution is -2.34. The van der Waals surface area contributed by atoms with Gasteiger partial charge in [0, 0.05) is 27.2 Å². The number of methoxy groups -OCH3 is 2. The van der Waals surface area contributed by atoms with E-state index in [9.17, 15) is 15.0 Å². The normalized spacial score (nSPS) is 20.9. The molecule has 224 valence electrons. The Labute approximate surface area is 239 Å². The molecule has 10 heteroatoms. The number of benzene rings is 1. The summed E-state index contributed by atoms with van der Waals surface area (Å²) in [5, 5.41) is 20.5. The molecule has 40 heavy (non-hydrogen) atoms. The number of hydrogen-bond acceptors (Lipinski definition) is 9. The zero-order chi connectivity index (χ0) is 30.1. The molecule has 1 aliphatic rings. The van der Waals surface area contributed by atoms with Crippen molar-refractivity contribution in [2.75, 3.05) is 27.6 Å². The minimum atomic E-state index is -1.40. The van der Waals surface area contributed by atoms with Crippen LogP contribution < -0.4 is 9.47 Å². The molecule has 5 atom stereocenters. The van der Waals surface area contributed by atoms with Crippen molar-refractivity contribution in [1.29, 1.82) is 0 Å². The smallest absolute Gasteiger partial charge is 0.342 e. The van der Waals surface area contributed by atoms with E-state index in [-0.39, 0.29) is 24.0 Å². The third-order valence-electron chi connectivity index (χ3n) is 6.34. The van der Waals surface area contributed by atoms with Gasteiger partial charge in [0.2, 0.25) is 0 Å². The van der Waals surface area contributed by atoms with Gasteiger partial charge in [-0.15, -0.1) is 0 Å². The second kappa shape index (κ2) is 15.0. The number of ether oxygens (including phenoxy) is 6. The number of aliphatic hydroxyl groups is 2. The van der Waals surface area contributed by atoms with Crippen LogP contribution in [0.5, 0.6) is 11.5 Å². The molecule has 9 nitrogen and oxygen atoms in total. The third-order valence-corrected chi connectivity index (χ3v) is 8.05. The molecular weight excluding hydrogens is 532 g/mol. The van der Waals surface area contributed by atoms with Crippen LogP contribution in [0.2, 0.25) is 25.7 Å². The lowest BCUT2D eigenvalue weighted by Gasteiger charge is -2.19. The van der Waals surface area contributed by atoms with Crippen molar-refractivity contribution >= 4 is 20.1 Å². The van der Waals surface area contributed by atoms with Crippen LogP contribution in [0.1, 0.15) is 50.0 Å². The van der Waals surface area contributed by atoms with E-state index in [0.717, 1.165) is 6.04 Å². The summed E-state index contributed by atoms with van der Waals surface area (Å²) < 4.78 is 33.9. The van der Waals surface area contributed by atoms with Crippen LogP contribution in [0.3, 0.4) is 0 Å². The van der Waals surface area contributed by atoms with Gasteiger partial charge in [-0.3, -0.25) is 0 Å². The number of carbonyl (C=O) groups excluding carboxylic acids is 1. The van der Waals surface area contributed by atoms with E-state index in [0.29, 0.717) is 24.3 Å². The summed E-state index contributed by atoms with van der Waals surface area (Å²) >= 11 is 0. The maximum Gasteiger partial charge on any atom is 0.342 e. The van der Waals surface area contributed by atoms with Crippen LogP contribution in [0.15, 0.2) is 18.2 Å². The van der Waals surface area contributed by atoms with Gasteiger partial charge >= 0.3 is 5.97 Å². The number of carbonyl (C=O) groups is 1. The molecule has 1 heterocycles. The fourth-order valence-electron chi connectivity index (χ4n) is 3.90. The van der Waals surface area contributed by atoms with Crippen LogP contribution in [-0.2, 0) is 18.9 Å². The van der Waals surface area contributed by atoms with Crippen molar-refractivity contribution in [1.82, 2.24) is 0 Å². The van der Waals surface area contributed by atoms with Crippen LogP contribution in [0.4, 0.5) is 0 Å². The van der Waals surface area contributed by atoms with Crippen molar-refractivity contribution in [3.05, 3.63) is 29.3 Å². The summed E-state index contributed by atoms with van der Waals surface area (Å²) in [6.07, 6.45) is 1.06. The number of hydrogen-bond donors (Lipinski definition) is 2. The molecule has 0 aliphatic carbocycles. The number of aliphatic hydroxyl groups excluding tert-OH is 2. The van der Waals surface area contributed by atoms with E-state index in [2.05, 4.69) is 31.5 Å². The quantitative estimate of drug-likeness (QED) is 0.151. The maximum absolute atomic E-state index is 13.2. The van der Waals surface area contributed by atoms with Crippen LogP contribution in [0.25, 0.3) is 6.08 Å². The first-order valence-corrected chi connectivity index (χ1v) is 17.3. The molecule has 0 aromatic heterocycles. The van der Waals surface area contributed by atoms with Gasteiger partial charge in [-0.1, -0.05) is 43.6 Å². The summed E-state index contributed by atoms with van der Waals surface area (Å²) in [5.74, 6) is 4.76. The summed E-state index contributed by atoms with van der Waals surface area (Å²) in [4.78, 5) is 13.2. The van der Waals surface area contributed by atoms with Crippen molar-refractivity contribution in [3.63, 3.8) is 0 Å². The predicted molar refractivity (Wildman–Crippen MR) is 156 cm³/mol. The minimum Gasteiger partial charge on any atom is -0.497 e. The van der Waals surface area contributed by atoms with Gasteiger partial charge < -0.3 is 38.6 Å². The zero-order valence-electron chi connectivity index (χ0n) is 25.3. The first-order chi connectivity index (χ1) is 18.7. The van der Waals surface area contributed by atoms with Crippen molar-refractivity contribution in [2.45, 2.75) is 90.0 Å². The lowest BCUT2D eigenvalue weighted by atomic mass is 10.0. The average molecular weight is 579 g/mol. The maximum atomic E-state index is 13.2. The standard InChI is InChI=1S/C30H46O9Si/c1-20(21(2)31)13-14-24(32)28-25(38-30(3,4)39-28)12-10-11-22-17-23(35-6)18-26(37-19-34-5)27(22)29(33)36-15-16-40(7,8)9/h10-11,17-18,20-21,24-25,28,31-32H,12,15-16,19H2,1-9H3/b11-10+/t20-,21?,24?,25?,28?/m0/s1. The van der Waals surface area contributed by atoms with E-state index in [4.69, 9.17) is 28.4 Å². The first-order valence-electron chi connectivity index (χ1n) is 13.6. The second-order valence-electron chi connectivity index (χ2n) is 11.6. The summed E-state index contributed by atoms with van der Waals surface area (Å²) in [6, 6.07) is 4.20. The van der Waals surface area contributed by atoms with Crippen molar-refractivity contribution in [2.24, 2.45) is 5.92 Å². The van der Waals surface area contributed by atoms with Crippen LogP contribution >= 0.6 is 0 Å². The van der Waals surface area contributed by atoms with E-state index in [1.165, 1.54) is 14.2 Å². The molecule has 4 unspecified atom stereocenters. The molecule has 1 fully saturated rings. The highest BCUT2D eigenvalue weighted by Gasteiger charge is 2.43. The molecule has 1 aliphatic heterocycles. The Morgan fingerprint density at radius 2 is 1.85 bits per heavy atom. The van der Waals surface area contributed by atoms with Gasteiger partial charge in [0.1, 0.15) is 29.3 Å². The van der Waals surface area contributed by atoms with Crippen LogP contribution in [-0.4, -0.2) is 82.1 Å². The van der Waals surface area contributed by atoms with Gasteiger partial charge in [-0.25, -0.2) is 4.79 Å². The van der Waals surface area contributed by atoms with E-state index >= 15 is 0 Å². The van der Waals surface area contributed by atoms with Gasteiger partial charge in [0.05, 0.1) is 25.9 Å². The Balaban J connectivity index is 2.33. The topological polar surface area (TPSA) is 113 Å². The minimum absolute atomic E-state index is 0.0534. The first kappa shape index (κ1) is 33.8. The van der Waals surface area contributed by atoms with E-state index in [1.54, 1.807) is 45.9 Å². The molecule has 0 radical (unpaired) electrons. The zero-order valence-corrected chi connectivity index (χ0v) is 26.3. The molecule has 0 bridgehead atoms. The molecule has 1 saturated heterocycles. The number of esters is 1. The fraction of sp³-hybridized carbons (Fsp3) is 0.633. The van der Waals surface area contributed by atoms with Crippen molar-refractivity contribution < 1.29 is 43.4 Å². The highest BCUT2D eigenvalue weighted by atomic mass is 28.3. The van der Waals surface area contributed by atoms with Gasteiger partial charge in [0.25, 0.3) is 0 Å². The molecule has 0 spiro atoms. The molecule has 2 N–H and O–H groups in total. The highest BCUT2D eigenvalue weighted by molar-refractivity contribution is 6.76. The average Bonchev–Trinajstić information content (AvgIpc) is 3.18.